The van der Waals surface area contributed by atoms with Gasteiger partial charge in [-0.05, 0) is 55.1 Å². The van der Waals surface area contributed by atoms with E-state index in [9.17, 15) is 4.79 Å². The maximum absolute atomic E-state index is 12.4. The fourth-order valence-electron chi connectivity index (χ4n) is 3.71. The van der Waals surface area contributed by atoms with Crippen LogP contribution in [0.2, 0.25) is 0 Å². The van der Waals surface area contributed by atoms with Crippen LogP contribution >= 0.6 is 0 Å². The van der Waals surface area contributed by atoms with Crippen molar-refractivity contribution in [3.8, 4) is 0 Å². The Morgan fingerprint density at radius 3 is 2.48 bits per heavy atom. The van der Waals surface area contributed by atoms with Crippen LogP contribution in [0.3, 0.4) is 0 Å². The van der Waals surface area contributed by atoms with Gasteiger partial charge in [-0.3, -0.25) is 20.1 Å². The predicted octanol–water partition coefficient (Wildman–Crippen LogP) is 2.32. The molecule has 0 atom stereocenters. The van der Waals surface area contributed by atoms with Crippen molar-refractivity contribution in [2.45, 2.75) is 0 Å². The molecule has 0 bridgehead atoms. The number of guanidine groups is 1. The maximum Gasteiger partial charge on any atom is 0.276 e. The second-order valence-electron chi connectivity index (χ2n) is 7.71. The molecule has 0 spiro atoms. The van der Waals surface area contributed by atoms with Crippen molar-refractivity contribution in [3.05, 3.63) is 66.1 Å². The zero-order valence-electron chi connectivity index (χ0n) is 17.2. The number of hydrogen-bond donors (Lipinski definition) is 2. The number of carbonyl (C=O) groups excluding carboxylic acids is 1. The van der Waals surface area contributed by atoms with Crippen LogP contribution in [0.25, 0.3) is 17.1 Å². The normalized spacial score (nSPS) is 18.4. The van der Waals surface area contributed by atoms with Crippen LogP contribution in [0.15, 0.2) is 65.5 Å². The maximum atomic E-state index is 12.4. The second-order valence-corrected chi connectivity index (χ2v) is 7.71. The Balaban J connectivity index is 1.29. The highest BCUT2D eigenvalue weighted by atomic mass is 16.2. The molecule has 0 radical (unpaired) electrons. The summed E-state index contributed by atoms with van der Waals surface area (Å²) in [6.45, 7) is 4.20. The lowest BCUT2D eigenvalue weighted by atomic mass is 10.1. The van der Waals surface area contributed by atoms with Gasteiger partial charge in [0.1, 0.15) is 5.70 Å². The highest BCUT2D eigenvalue weighted by molar-refractivity contribution is 6.17. The Labute approximate surface area is 180 Å². The third-order valence-electron chi connectivity index (χ3n) is 5.49. The Morgan fingerprint density at radius 2 is 1.71 bits per heavy atom. The van der Waals surface area contributed by atoms with Crippen LogP contribution in [0.4, 0.5) is 11.4 Å². The average molecular weight is 413 g/mol. The largest absolute Gasteiger partial charge is 0.369 e. The number of aromatic nitrogens is 2. The van der Waals surface area contributed by atoms with Crippen molar-refractivity contribution in [3.63, 3.8) is 0 Å². The SMILES string of the molecule is CN1CCN(c2ccc(NC3=N/C(=C\c4ccc5nccnc5c4)C(=O)N3)cc2)CC1. The summed E-state index contributed by atoms with van der Waals surface area (Å²) in [5, 5.41) is 5.96. The van der Waals surface area contributed by atoms with E-state index in [1.807, 2.05) is 30.3 Å². The van der Waals surface area contributed by atoms with Gasteiger partial charge in [-0.1, -0.05) is 6.07 Å². The number of rotatable bonds is 3. The van der Waals surface area contributed by atoms with E-state index in [1.165, 1.54) is 5.69 Å². The Bertz CT molecular complexity index is 1180. The highest BCUT2D eigenvalue weighted by Crippen LogP contribution is 2.21. The van der Waals surface area contributed by atoms with Gasteiger partial charge in [0.15, 0.2) is 0 Å². The number of fused-ring (bicyclic) bond motifs is 1. The van der Waals surface area contributed by atoms with Crippen molar-refractivity contribution in [1.82, 2.24) is 20.2 Å². The molecule has 8 nitrogen and oxygen atoms in total. The van der Waals surface area contributed by atoms with Gasteiger partial charge < -0.3 is 15.1 Å². The molecule has 1 aromatic heterocycles. The summed E-state index contributed by atoms with van der Waals surface area (Å²) in [5.41, 5.74) is 4.86. The molecule has 3 heterocycles. The molecule has 31 heavy (non-hydrogen) atoms. The fraction of sp³-hybridized carbons (Fsp3) is 0.217. The first-order valence-corrected chi connectivity index (χ1v) is 10.3. The van der Waals surface area contributed by atoms with Gasteiger partial charge in [0.25, 0.3) is 5.91 Å². The van der Waals surface area contributed by atoms with Gasteiger partial charge in [-0.15, -0.1) is 0 Å². The van der Waals surface area contributed by atoms with E-state index >= 15 is 0 Å². The first-order valence-electron chi connectivity index (χ1n) is 10.3. The van der Waals surface area contributed by atoms with E-state index in [1.54, 1.807) is 18.5 Å². The molecule has 2 aromatic carbocycles. The van der Waals surface area contributed by atoms with Crippen LogP contribution in [-0.2, 0) is 4.79 Å². The smallest absolute Gasteiger partial charge is 0.276 e. The lowest BCUT2D eigenvalue weighted by molar-refractivity contribution is -0.115. The van der Waals surface area contributed by atoms with Crippen molar-refractivity contribution < 1.29 is 4.79 Å². The van der Waals surface area contributed by atoms with E-state index in [-0.39, 0.29) is 5.91 Å². The predicted molar refractivity (Wildman–Crippen MR) is 123 cm³/mol. The number of carbonyl (C=O) groups is 1. The molecule has 0 aliphatic carbocycles. The highest BCUT2D eigenvalue weighted by Gasteiger charge is 2.20. The number of benzene rings is 2. The molecule has 2 aliphatic heterocycles. The van der Waals surface area contributed by atoms with E-state index in [2.05, 4.69) is 54.6 Å². The van der Waals surface area contributed by atoms with Crippen molar-refractivity contribution in [2.75, 3.05) is 43.4 Å². The van der Waals surface area contributed by atoms with Gasteiger partial charge in [-0.2, -0.15) is 0 Å². The monoisotopic (exact) mass is 413 g/mol. The Kier molecular flexibility index (Phi) is 5.05. The molecule has 3 aromatic rings. The van der Waals surface area contributed by atoms with E-state index in [0.29, 0.717) is 11.7 Å². The van der Waals surface area contributed by atoms with Crippen LogP contribution in [0.1, 0.15) is 5.56 Å². The first kappa shape index (κ1) is 19.2. The summed E-state index contributed by atoms with van der Waals surface area (Å²) in [7, 11) is 2.15. The minimum absolute atomic E-state index is 0.240. The van der Waals surface area contributed by atoms with Crippen LogP contribution in [-0.4, -0.2) is 60.0 Å². The number of aliphatic imine (C=N–C) groups is 1. The van der Waals surface area contributed by atoms with Gasteiger partial charge in [0, 0.05) is 49.9 Å². The Morgan fingerprint density at radius 1 is 0.968 bits per heavy atom. The van der Waals surface area contributed by atoms with E-state index in [0.717, 1.165) is 48.5 Å². The lowest BCUT2D eigenvalue weighted by Gasteiger charge is -2.34. The van der Waals surface area contributed by atoms with E-state index in [4.69, 9.17) is 0 Å². The summed E-state index contributed by atoms with van der Waals surface area (Å²) in [6.07, 6.45) is 5.05. The topological polar surface area (TPSA) is 85.8 Å². The van der Waals surface area contributed by atoms with Crippen molar-refractivity contribution >= 4 is 40.4 Å². The molecule has 1 amide bonds. The summed E-state index contributed by atoms with van der Waals surface area (Å²) in [4.78, 5) is 30.1. The first-order chi connectivity index (χ1) is 15.1. The minimum Gasteiger partial charge on any atom is -0.369 e. The number of likely N-dealkylation sites (N-methyl/N-ethyl adjacent to an activating group) is 1. The third-order valence-corrected chi connectivity index (χ3v) is 5.49. The summed E-state index contributed by atoms with van der Waals surface area (Å²) >= 11 is 0. The molecule has 8 heteroatoms. The second kappa shape index (κ2) is 8.16. The number of nitrogens with one attached hydrogen (secondary N) is 2. The zero-order chi connectivity index (χ0) is 21.2. The van der Waals surface area contributed by atoms with Gasteiger partial charge in [-0.25, -0.2) is 4.99 Å². The summed E-state index contributed by atoms with van der Waals surface area (Å²) < 4.78 is 0. The summed E-state index contributed by atoms with van der Waals surface area (Å²) in [5.74, 6) is 0.181. The molecular weight excluding hydrogens is 390 g/mol. The molecule has 5 rings (SSSR count). The van der Waals surface area contributed by atoms with Gasteiger partial charge >= 0.3 is 0 Å². The number of piperazine rings is 1. The molecule has 0 unspecified atom stereocenters. The molecule has 0 saturated carbocycles. The van der Waals surface area contributed by atoms with Crippen LogP contribution in [0, 0.1) is 0 Å². The van der Waals surface area contributed by atoms with E-state index < -0.39 is 0 Å². The zero-order valence-corrected chi connectivity index (χ0v) is 17.2. The number of nitrogens with zero attached hydrogens (tertiary/aromatic N) is 5. The fourth-order valence-corrected chi connectivity index (χ4v) is 3.71. The molecule has 1 saturated heterocycles. The molecule has 2 aliphatic rings. The van der Waals surface area contributed by atoms with Crippen LogP contribution in [0.5, 0.6) is 0 Å². The third kappa shape index (κ3) is 4.24. The van der Waals surface area contributed by atoms with Gasteiger partial charge in [0.05, 0.1) is 11.0 Å². The quantitative estimate of drug-likeness (QED) is 0.641. The minimum atomic E-state index is -0.240. The van der Waals surface area contributed by atoms with Gasteiger partial charge in [0.2, 0.25) is 5.96 Å². The Hall–Kier alpha value is -3.78. The molecular formula is C23H23N7O. The lowest BCUT2D eigenvalue weighted by Crippen LogP contribution is -2.44. The number of anilines is 2. The summed E-state index contributed by atoms with van der Waals surface area (Å²) in [6, 6.07) is 13.9. The van der Waals surface area contributed by atoms with Crippen LogP contribution < -0.4 is 15.5 Å². The average Bonchev–Trinajstić information content (AvgIpc) is 3.13. The molecule has 1 fully saturated rings. The number of hydrogen-bond acceptors (Lipinski definition) is 7. The molecule has 2 N–H and O–H groups in total. The van der Waals surface area contributed by atoms with Crippen molar-refractivity contribution in [2.24, 2.45) is 4.99 Å². The standard InChI is InChI=1S/C23H23N7O/c1-29-10-12-30(13-11-29)18-5-3-17(4-6-18)26-23-27-21(22(31)28-23)15-16-2-7-19-20(14-16)25-9-8-24-19/h2-9,14-15H,10-13H2,1H3,(H2,26,27,28,31)/b21-15-. The van der Waals surface area contributed by atoms with Crippen molar-refractivity contribution in [1.29, 1.82) is 0 Å². The number of amides is 1. The molecule has 156 valence electrons.